The molecule has 0 atom stereocenters. The smallest absolute Gasteiger partial charge is 0.169 e. The summed E-state index contributed by atoms with van der Waals surface area (Å²) in [6.45, 7) is 2.23. The summed E-state index contributed by atoms with van der Waals surface area (Å²) in [6.07, 6.45) is 5.56. The van der Waals surface area contributed by atoms with Crippen molar-refractivity contribution in [3.05, 3.63) is 109 Å². The predicted molar refractivity (Wildman–Crippen MR) is 134 cm³/mol. The van der Waals surface area contributed by atoms with E-state index in [4.69, 9.17) is 0 Å². The molecule has 3 aromatic carbocycles. The number of aromatic nitrogens is 1. The van der Waals surface area contributed by atoms with Crippen LogP contribution in [0.5, 0.6) is 0 Å². The molecule has 1 aromatic heterocycles. The highest BCUT2D eigenvalue weighted by molar-refractivity contribution is 5.78. The average molecular weight is 583 g/mol. The normalized spacial score (nSPS) is 10.7. The molecule has 0 radical (unpaired) electrons. The van der Waals surface area contributed by atoms with Crippen molar-refractivity contribution in [1.29, 1.82) is 0 Å². The molecule has 5 heteroatoms. The number of aryl methyl sites for hydroxylation is 1. The molecule has 0 unspecified atom stereocenters. The lowest BCUT2D eigenvalue weighted by Crippen LogP contribution is -3.00. The Morgan fingerprint density at radius 2 is 1.03 bits per heavy atom. The van der Waals surface area contributed by atoms with Crippen molar-refractivity contribution in [2.45, 2.75) is 13.0 Å². The van der Waals surface area contributed by atoms with Crippen LogP contribution in [-0.4, -0.2) is 32.2 Å². The van der Waals surface area contributed by atoms with E-state index in [0.29, 0.717) is 0 Å². The fourth-order valence-electron chi connectivity index (χ4n) is 3.93. The lowest BCUT2D eigenvalue weighted by atomic mass is 10.1. The molecule has 0 N–H and O–H groups in total. The second-order valence-electron chi connectivity index (χ2n) is 9.25. The Bertz CT molecular complexity index is 1070. The molecular formula is C29H33Br2N3. The van der Waals surface area contributed by atoms with Crippen molar-refractivity contribution < 1.29 is 43.0 Å². The third-order valence-electron chi connectivity index (χ3n) is 5.62. The molecule has 0 amide bonds. The van der Waals surface area contributed by atoms with Crippen molar-refractivity contribution in [3.63, 3.8) is 0 Å². The van der Waals surface area contributed by atoms with Gasteiger partial charge in [0.1, 0.15) is 0 Å². The van der Waals surface area contributed by atoms with Gasteiger partial charge in [-0.1, -0.05) is 48.5 Å². The van der Waals surface area contributed by atoms with Crippen molar-refractivity contribution in [2.24, 2.45) is 0 Å². The molecule has 0 saturated carbocycles. The summed E-state index contributed by atoms with van der Waals surface area (Å²) >= 11 is 0. The quantitative estimate of drug-likeness (QED) is 0.213. The van der Waals surface area contributed by atoms with E-state index >= 15 is 0 Å². The number of rotatable bonds is 8. The summed E-state index contributed by atoms with van der Waals surface area (Å²) in [4.78, 5) is 2.29. The Hall–Kier alpha value is -2.47. The van der Waals surface area contributed by atoms with E-state index in [0.717, 1.165) is 28.1 Å². The fraction of sp³-hybridized carbons (Fsp3) is 0.207. The maximum Gasteiger partial charge on any atom is 0.169 e. The molecular weight excluding hydrogens is 550 g/mol. The summed E-state index contributed by atoms with van der Waals surface area (Å²) in [6, 6.07) is 34.3. The first-order chi connectivity index (χ1) is 15.5. The van der Waals surface area contributed by atoms with Gasteiger partial charge in [-0.05, 0) is 47.5 Å². The second-order valence-corrected chi connectivity index (χ2v) is 9.25. The Kier molecular flexibility index (Phi) is 10.5. The van der Waals surface area contributed by atoms with E-state index < -0.39 is 0 Å². The van der Waals surface area contributed by atoms with Gasteiger partial charge < -0.3 is 43.3 Å². The van der Waals surface area contributed by atoms with E-state index in [1.165, 1.54) is 24.1 Å². The number of benzene rings is 3. The third kappa shape index (κ3) is 7.52. The van der Waals surface area contributed by atoms with Crippen molar-refractivity contribution >= 4 is 17.1 Å². The Morgan fingerprint density at radius 3 is 1.50 bits per heavy atom. The van der Waals surface area contributed by atoms with Gasteiger partial charge in [0.05, 0.1) is 34.1 Å². The molecule has 178 valence electrons. The van der Waals surface area contributed by atoms with Crippen molar-refractivity contribution in [1.82, 2.24) is 0 Å². The van der Waals surface area contributed by atoms with E-state index in [-0.39, 0.29) is 34.0 Å². The van der Waals surface area contributed by atoms with E-state index in [2.05, 4.69) is 140 Å². The number of quaternary nitrogens is 1. The molecule has 0 spiro atoms. The summed E-state index contributed by atoms with van der Waals surface area (Å²) < 4.78 is 3.29. The van der Waals surface area contributed by atoms with Crippen molar-refractivity contribution in [2.75, 3.05) is 32.6 Å². The monoisotopic (exact) mass is 581 g/mol. The summed E-state index contributed by atoms with van der Waals surface area (Å²) in [7, 11) is 6.73. The lowest BCUT2D eigenvalue weighted by Gasteiger charge is -2.25. The SMILES string of the molecule is C[N+](C)(C)CCC[n+]1ccc(-c2ccc(N(c3ccccc3)c3ccccc3)cc2)cc1.[Br-].[Br-]. The van der Waals surface area contributed by atoms with Gasteiger partial charge in [0.2, 0.25) is 0 Å². The number of para-hydroxylation sites is 2. The van der Waals surface area contributed by atoms with E-state index in [1.807, 2.05) is 0 Å². The Morgan fingerprint density at radius 1 is 0.588 bits per heavy atom. The first-order valence-electron chi connectivity index (χ1n) is 11.3. The number of pyridine rings is 1. The largest absolute Gasteiger partial charge is 1.00 e. The van der Waals surface area contributed by atoms with E-state index in [1.54, 1.807) is 0 Å². The number of nitrogens with zero attached hydrogens (tertiary/aromatic N) is 3. The zero-order valence-electron chi connectivity index (χ0n) is 20.1. The molecule has 4 rings (SSSR count). The van der Waals surface area contributed by atoms with Gasteiger partial charge in [-0.3, -0.25) is 0 Å². The van der Waals surface area contributed by atoms with Gasteiger partial charge in [0.15, 0.2) is 18.9 Å². The Labute approximate surface area is 225 Å². The van der Waals surface area contributed by atoms with Crippen LogP contribution >= 0.6 is 0 Å². The molecule has 0 saturated heterocycles. The number of hydrogen-bond donors (Lipinski definition) is 0. The molecule has 4 aromatic rings. The lowest BCUT2D eigenvalue weighted by molar-refractivity contribution is -0.873. The number of hydrogen-bond acceptors (Lipinski definition) is 1. The number of anilines is 3. The third-order valence-corrected chi connectivity index (χ3v) is 5.62. The average Bonchev–Trinajstić information content (AvgIpc) is 2.81. The van der Waals surface area contributed by atoms with Crippen LogP contribution in [-0.2, 0) is 6.54 Å². The molecule has 34 heavy (non-hydrogen) atoms. The first-order valence-corrected chi connectivity index (χ1v) is 11.3. The van der Waals surface area contributed by atoms with Crippen LogP contribution in [0.2, 0.25) is 0 Å². The van der Waals surface area contributed by atoms with Crippen LogP contribution in [0.25, 0.3) is 11.1 Å². The van der Waals surface area contributed by atoms with Gasteiger partial charge in [0, 0.05) is 29.2 Å². The molecule has 1 heterocycles. The highest BCUT2D eigenvalue weighted by Crippen LogP contribution is 2.35. The molecule has 0 fully saturated rings. The summed E-state index contributed by atoms with van der Waals surface area (Å²) in [5.74, 6) is 0. The Balaban J connectivity index is 0.00000204. The van der Waals surface area contributed by atoms with Crippen molar-refractivity contribution in [3.8, 4) is 11.1 Å². The van der Waals surface area contributed by atoms with Crippen LogP contribution in [0.1, 0.15) is 6.42 Å². The van der Waals surface area contributed by atoms with Crippen LogP contribution in [0.15, 0.2) is 109 Å². The van der Waals surface area contributed by atoms with E-state index in [9.17, 15) is 0 Å². The minimum Gasteiger partial charge on any atom is -1.00 e. The standard InChI is InChI=1S/C29H33N3.2BrH/c1-32(2,3)24-10-21-30-22-19-26(20-23-30)25-15-17-29(18-16-25)31(27-11-6-4-7-12-27)28-13-8-5-9-14-28;;/h4-9,11-20,22-23H,10,21,24H2,1-3H3;2*1H/q+2;;/p-2. The van der Waals surface area contributed by atoms with Gasteiger partial charge in [-0.15, -0.1) is 0 Å². The topological polar surface area (TPSA) is 7.12 Å². The zero-order chi connectivity index (χ0) is 22.4. The van der Waals surface area contributed by atoms with Gasteiger partial charge in [-0.25, -0.2) is 4.57 Å². The maximum absolute atomic E-state index is 2.29. The summed E-state index contributed by atoms with van der Waals surface area (Å²) in [5, 5.41) is 0. The summed E-state index contributed by atoms with van der Waals surface area (Å²) in [5.41, 5.74) is 5.93. The van der Waals surface area contributed by atoms with Crippen LogP contribution in [0.3, 0.4) is 0 Å². The minimum absolute atomic E-state index is 0. The highest BCUT2D eigenvalue weighted by atomic mass is 79.9. The predicted octanol–water partition coefficient (Wildman–Crippen LogP) is 0.215. The zero-order valence-corrected chi connectivity index (χ0v) is 23.3. The first kappa shape index (κ1) is 27.8. The van der Waals surface area contributed by atoms with Gasteiger partial charge in [0.25, 0.3) is 0 Å². The van der Waals surface area contributed by atoms with Crippen LogP contribution in [0, 0.1) is 0 Å². The van der Waals surface area contributed by atoms with Gasteiger partial charge >= 0.3 is 0 Å². The fourth-order valence-corrected chi connectivity index (χ4v) is 3.93. The molecule has 0 aliphatic carbocycles. The van der Waals surface area contributed by atoms with Crippen LogP contribution in [0.4, 0.5) is 17.1 Å². The van der Waals surface area contributed by atoms with Gasteiger partial charge in [-0.2, -0.15) is 0 Å². The number of halogens is 2. The molecule has 0 bridgehead atoms. The minimum atomic E-state index is 0. The highest BCUT2D eigenvalue weighted by Gasteiger charge is 2.12. The molecule has 0 aliphatic heterocycles. The maximum atomic E-state index is 2.29. The molecule has 3 nitrogen and oxygen atoms in total. The second kappa shape index (κ2) is 12.8. The van der Waals surface area contributed by atoms with Crippen LogP contribution < -0.4 is 43.4 Å². The molecule has 0 aliphatic rings.